The van der Waals surface area contributed by atoms with Crippen LogP contribution < -0.4 is 5.73 Å². The van der Waals surface area contributed by atoms with Crippen molar-refractivity contribution in [1.82, 2.24) is 0 Å². The highest BCUT2D eigenvalue weighted by atomic mass is 79.9. The molecule has 66 valence electrons. The number of nitrogens with two attached hydrogens (primary N) is 1. The maximum absolute atomic E-state index is 9.96. The summed E-state index contributed by atoms with van der Waals surface area (Å²) in [5, 5.41) is 9.96. The van der Waals surface area contributed by atoms with Crippen LogP contribution in [0.3, 0.4) is 0 Å². The van der Waals surface area contributed by atoms with Crippen molar-refractivity contribution in [2.45, 2.75) is 18.4 Å². The molecule has 0 saturated heterocycles. The minimum atomic E-state index is -0.856. The van der Waals surface area contributed by atoms with Crippen molar-refractivity contribution in [2.75, 3.05) is 6.54 Å². The van der Waals surface area contributed by atoms with E-state index in [-0.39, 0.29) is 6.54 Å². The molecule has 3 nitrogen and oxygen atoms in total. The molecule has 4 heteroatoms. The molecule has 12 heavy (non-hydrogen) atoms. The first-order chi connectivity index (χ1) is 5.65. The lowest BCUT2D eigenvalue weighted by molar-refractivity contribution is 0.0481. The van der Waals surface area contributed by atoms with E-state index in [1.165, 1.54) is 0 Å². The first-order valence-corrected chi connectivity index (χ1v) is 4.66. The predicted octanol–water partition coefficient (Wildman–Crippen LogP) is 1.13. The summed E-state index contributed by atoms with van der Waals surface area (Å²) < 4.78 is 5.99. The topological polar surface area (TPSA) is 59.4 Å². The minimum absolute atomic E-state index is 0.256. The van der Waals surface area contributed by atoms with Gasteiger partial charge in [0.2, 0.25) is 0 Å². The Morgan fingerprint density at radius 1 is 1.75 bits per heavy atom. The summed E-state index contributed by atoms with van der Waals surface area (Å²) in [6.45, 7) is 0.256. The highest BCUT2D eigenvalue weighted by Crippen LogP contribution is 2.39. The van der Waals surface area contributed by atoms with Crippen LogP contribution in [0.2, 0.25) is 0 Å². The van der Waals surface area contributed by atoms with E-state index in [1.54, 1.807) is 6.07 Å². The third-order valence-electron chi connectivity index (χ3n) is 2.38. The number of aliphatic hydroxyl groups is 1. The predicted molar refractivity (Wildman–Crippen MR) is 47.7 cm³/mol. The van der Waals surface area contributed by atoms with Gasteiger partial charge in [-0.05, 0) is 28.4 Å². The smallest absolute Gasteiger partial charge is 0.169 e. The van der Waals surface area contributed by atoms with Crippen LogP contribution in [0.4, 0.5) is 0 Å². The molecule has 1 aliphatic rings. The number of hydrogen-bond donors (Lipinski definition) is 2. The fourth-order valence-corrected chi connectivity index (χ4v) is 2.07. The number of halogens is 1. The Labute approximate surface area is 78.7 Å². The highest BCUT2D eigenvalue weighted by molar-refractivity contribution is 9.10. The van der Waals surface area contributed by atoms with Crippen LogP contribution in [-0.2, 0) is 12.0 Å². The standard InChI is InChI=1S/C8H10BrNO2/c9-7-3-5-6(12-7)1-2-8(5,11)4-10/h3,11H,1-2,4,10H2. The summed E-state index contributed by atoms with van der Waals surface area (Å²) in [6.07, 6.45) is 1.44. The zero-order valence-electron chi connectivity index (χ0n) is 6.51. The van der Waals surface area contributed by atoms with Gasteiger partial charge in [-0.3, -0.25) is 0 Å². The first-order valence-electron chi connectivity index (χ1n) is 3.87. The molecule has 1 atom stereocenters. The van der Waals surface area contributed by atoms with Gasteiger partial charge in [-0.2, -0.15) is 0 Å². The largest absolute Gasteiger partial charge is 0.454 e. The number of furan rings is 1. The van der Waals surface area contributed by atoms with Gasteiger partial charge >= 0.3 is 0 Å². The van der Waals surface area contributed by atoms with Gasteiger partial charge < -0.3 is 15.3 Å². The van der Waals surface area contributed by atoms with Crippen molar-refractivity contribution in [2.24, 2.45) is 5.73 Å². The van der Waals surface area contributed by atoms with Crippen molar-refractivity contribution in [3.8, 4) is 0 Å². The number of aryl methyl sites for hydroxylation is 1. The third-order valence-corrected chi connectivity index (χ3v) is 2.77. The molecule has 1 aromatic rings. The molecule has 1 heterocycles. The molecule has 0 spiro atoms. The molecule has 3 N–H and O–H groups in total. The van der Waals surface area contributed by atoms with E-state index < -0.39 is 5.60 Å². The van der Waals surface area contributed by atoms with E-state index in [0.29, 0.717) is 11.1 Å². The molecule has 1 aliphatic carbocycles. The maximum Gasteiger partial charge on any atom is 0.169 e. The Morgan fingerprint density at radius 2 is 2.50 bits per heavy atom. The summed E-state index contributed by atoms with van der Waals surface area (Å²) in [7, 11) is 0. The molecule has 0 aliphatic heterocycles. The number of rotatable bonds is 1. The molecule has 0 saturated carbocycles. The van der Waals surface area contributed by atoms with Gasteiger partial charge in [-0.15, -0.1) is 0 Å². The van der Waals surface area contributed by atoms with Gasteiger partial charge in [0.05, 0.1) is 0 Å². The van der Waals surface area contributed by atoms with Gasteiger partial charge in [0.25, 0.3) is 0 Å². The first kappa shape index (κ1) is 8.29. The van der Waals surface area contributed by atoms with Crippen LogP contribution in [0.1, 0.15) is 17.7 Å². The van der Waals surface area contributed by atoms with Crippen LogP contribution in [0.5, 0.6) is 0 Å². The molecule has 0 bridgehead atoms. The Bertz CT molecular complexity index is 310. The van der Waals surface area contributed by atoms with Crippen LogP contribution in [0.15, 0.2) is 15.2 Å². The summed E-state index contributed by atoms with van der Waals surface area (Å²) in [4.78, 5) is 0. The Balaban J connectivity index is 2.47. The van der Waals surface area contributed by atoms with Crippen molar-refractivity contribution < 1.29 is 9.52 Å². The molecule has 0 radical (unpaired) electrons. The molecule has 1 aromatic heterocycles. The molecule has 0 aromatic carbocycles. The molecule has 0 fully saturated rings. The Hall–Kier alpha value is -0.320. The second kappa shape index (κ2) is 2.58. The van der Waals surface area contributed by atoms with E-state index in [9.17, 15) is 5.11 Å². The van der Waals surface area contributed by atoms with Crippen molar-refractivity contribution in [3.63, 3.8) is 0 Å². The van der Waals surface area contributed by atoms with Crippen LogP contribution >= 0.6 is 15.9 Å². The van der Waals surface area contributed by atoms with Crippen LogP contribution in [0, 0.1) is 0 Å². The van der Waals surface area contributed by atoms with Gasteiger partial charge in [0.1, 0.15) is 11.4 Å². The Kier molecular flexibility index (Phi) is 1.78. The quantitative estimate of drug-likeness (QED) is 0.763. The second-order valence-electron chi connectivity index (χ2n) is 3.12. The van der Waals surface area contributed by atoms with E-state index in [2.05, 4.69) is 15.9 Å². The van der Waals surface area contributed by atoms with Gasteiger partial charge in [0.15, 0.2) is 4.67 Å². The fraction of sp³-hybridized carbons (Fsp3) is 0.500. The molecule has 1 unspecified atom stereocenters. The average molecular weight is 232 g/mol. The summed E-state index contributed by atoms with van der Waals surface area (Å²) >= 11 is 3.22. The summed E-state index contributed by atoms with van der Waals surface area (Å²) in [5.41, 5.74) is 5.47. The van der Waals surface area contributed by atoms with E-state index in [0.717, 1.165) is 17.7 Å². The van der Waals surface area contributed by atoms with E-state index >= 15 is 0 Å². The fourth-order valence-electron chi connectivity index (χ4n) is 1.64. The van der Waals surface area contributed by atoms with E-state index in [1.807, 2.05) is 0 Å². The van der Waals surface area contributed by atoms with Crippen molar-refractivity contribution in [1.29, 1.82) is 0 Å². The third kappa shape index (κ3) is 1.02. The molecular weight excluding hydrogens is 222 g/mol. The number of hydrogen-bond acceptors (Lipinski definition) is 3. The molecular formula is C8H10BrNO2. The SMILES string of the molecule is NCC1(O)CCc2oc(Br)cc21. The van der Waals surface area contributed by atoms with Gasteiger partial charge in [-0.25, -0.2) is 0 Å². The average Bonchev–Trinajstić information content (AvgIpc) is 2.53. The normalized spacial score (nSPS) is 27.6. The zero-order chi connectivity index (χ0) is 8.77. The lowest BCUT2D eigenvalue weighted by Gasteiger charge is -2.19. The van der Waals surface area contributed by atoms with Gasteiger partial charge in [0, 0.05) is 18.5 Å². The Morgan fingerprint density at radius 3 is 3.17 bits per heavy atom. The van der Waals surface area contributed by atoms with Crippen LogP contribution in [-0.4, -0.2) is 11.7 Å². The number of fused-ring (bicyclic) bond motifs is 1. The lowest BCUT2D eigenvalue weighted by Crippen LogP contribution is -2.31. The van der Waals surface area contributed by atoms with Crippen molar-refractivity contribution in [3.05, 3.63) is 22.1 Å². The maximum atomic E-state index is 9.96. The second-order valence-corrected chi connectivity index (χ2v) is 3.90. The van der Waals surface area contributed by atoms with Gasteiger partial charge in [-0.1, -0.05) is 0 Å². The minimum Gasteiger partial charge on any atom is -0.454 e. The molecule has 2 rings (SSSR count). The monoisotopic (exact) mass is 231 g/mol. The summed E-state index contributed by atoms with van der Waals surface area (Å²) in [6, 6.07) is 1.80. The lowest BCUT2D eigenvalue weighted by atomic mass is 9.99. The highest BCUT2D eigenvalue weighted by Gasteiger charge is 2.38. The van der Waals surface area contributed by atoms with Crippen LogP contribution in [0.25, 0.3) is 0 Å². The van der Waals surface area contributed by atoms with Crippen molar-refractivity contribution >= 4 is 15.9 Å². The van der Waals surface area contributed by atoms with E-state index in [4.69, 9.17) is 10.2 Å². The molecule has 0 amide bonds. The summed E-state index contributed by atoms with van der Waals surface area (Å²) in [5.74, 6) is 0.856. The zero-order valence-corrected chi connectivity index (χ0v) is 8.10.